The van der Waals surface area contributed by atoms with Crippen molar-refractivity contribution >= 4 is 21.6 Å². The molecule has 0 saturated carbocycles. The van der Waals surface area contributed by atoms with Crippen molar-refractivity contribution in [2.24, 2.45) is 5.10 Å². The molecule has 0 N–H and O–H groups in total. The molecular weight excluding hydrogens is 430 g/mol. The van der Waals surface area contributed by atoms with Gasteiger partial charge in [-0.15, -0.1) is 0 Å². The van der Waals surface area contributed by atoms with Crippen LogP contribution in [0.3, 0.4) is 0 Å². The van der Waals surface area contributed by atoms with Gasteiger partial charge < -0.3 is 9.15 Å². The number of benzene rings is 2. The smallest absolute Gasteiger partial charge is 0.213 e. The van der Waals surface area contributed by atoms with Crippen LogP contribution in [0.1, 0.15) is 41.3 Å². The normalized spacial score (nSPS) is 20.4. The van der Waals surface area contributed by atoms with Crippen molar-refractivity contribution in [3.05, 3.63) is 87.3 Å². The first-order chi connectivity index (χ1) is 13.5. The van der Waals surface area contributed by atoms with Gasteiger partial charge in [-0.05, 0) is 49.4 Å². The van der Waals surface area contributed by atoms with E-state index in [-0.39, 0.29) is 6.04 Å². The van der Waals surface area contributed by atoms with Crippen LogP contribution >= 0.6 is 15.9 Å². The fourth-order valence-electron chi connectivity index (χ4n) is 3.68. The number of nitrogens with zero attached hydrogens (tertiary/aromatic N) is 2. The van der Waals surface area contributed by atoms with Crippen LogP contribution in [0.2, 0.25) is 0 Å². The topological polar surface area (TPSA) is 38.0 Å². The molecule has 0 fully saturated rings. The Balaban J connectivity index is 1.62. The van der Waals surface area contributed by atoms with Gasteiger partial charge >= 0.3 is 0 Å². The van der Waals surface area contributed by atoms with Crippen LogP contribution in [0.5, 0.6) is 5.75 Å². The SMILES string of the molecule is Cc1ccc(C2=NN3[C@@H](C2)c2cc(Br)ccc2O[C@H]3c2ccc(F)c(F)c2)o1. The quantitative estimate of drug-likeness (QED) is 0.495. The lowest BCUT2D eigenvalue weighted by Gasteiger charge is -2.38. The number of aryl methyl sites for hydroxylation is 1. The molecule has 1 aromatic heterocycles. The van der Waals surface area contributed by atoms with Gasteiger partial charge in [-0.3, -0.25) is 0 Å². The highest BCUT2D eigenvalue weighted by Gasteiger charge is 2.41. The van der Waals surface area contributed by atoms with Crippen LogP contribution in [0.4, 0.5) is 8.78 Å². The Morgan fingerprint density at radius 2 is 1.93 bits per heavy atom. The number of ether oxygens (including phenoxy) is 1. The van der Waals surface area contributed by atoms with Gasteiger partial charge in [-0.25, -0.2) is 13.8 Å². The lowest BCUT2D eigenvalue weighted by atomic mass is 9.97. The third kappa shape index (κ3) is 2.81. The molecule has 0 unspecified atom stereocenters. The van der Waals surface area contributed by atoms with Crippen LogP contribution in [0, 0.1) is 18.6 Å². The van der Waals surface area contributed by atoms with E-state index in [0.29, 0.717) is 23.5 Å². The van der Waals surface area contributed by atoms with E-state index in [4.69, 9.17) is 14.3 Å². The Kier molecular flexibility index (Phi) is 4.01. The van der Waals surface area contributed by atoms with Crippen molar-refractivity contribution in [3.8, 4) is 5.75 Å². The van der Waals surface area contributed by atoms with Crippen molar-refractivity contribution in [2.75, 3.05) is 0 Å². The summed E-state index contributed by atoms with van der Waals surface area (Å²) in [5, 5.41) is 6.53. The van der Waals surface area contributed by atoms with Gasteiger partial charge in [-0.2, -0.15) is 5.10 Å². The van der Waals surface area contributed by atoms with Gasteiger partial charge in [0, 0.05) is 22.0 Å². The maximum absolute atomic E-state index is 13.9. The molecule has 2 aliphatic heterocycles. The van der Waals surface area contributed by atoms with E-state index in [1.54, 1.807) is 5.01 Å². The monoisotopic (exact) mass is 444 g/mol. The molecule has 5 rings (SSSR count). The maximum Gasteiger partial charge on any atom is 0.213 e. The molecule has 7 heteroatoms. The molecule has 0 radical (unpaired) electrons. The largest absolute Gasteiger partial charge is 0.464 e. The average Bonchev–Trinajstić information content (AvgIpc) is 3.30. The number of hydrazone groups is 1. The molecule has 0 spiro atoms. The van der Waals surface area contributed by atoms with Crippen molar-refractivity contribution in [2.45, 2.75) is 25.6 Å². The number of hydrogen-bond acceptors (Lipinski definition) is 4. The van der Waals surface area contributed by atoms with Crippen molar-refractivity contribution in [1.29, 1.82) is 0 Å². The van der Waals surface area contributed by atoms with E-state index in [0.717, 1.165) is 33.6 Å². The standard InChI is InChI=1S/C21H15BrF2N2O2/c1-11-2-6-20(27-11)17-10-18-14-9-13(22)4-7-19(14)28-21(26(18)25-17)12-3-5-15(23)16(24)8-12/h2-9,18,21H,10H2,1H3/t18-,21-/m0/s1. The fourth-order valence-corrected chi connectivity index (χ4v) is 4.06. The Morgan fingerprint density at radius 3 is 2.68 bits per heavy atom. The van der Waals surface area contributed by atoms with Crippen LogP contribution in [-0.4, -0.2) is 10.7 Å². The van der Waals surface area contributed by atoms with Crippen LogP contribution in [0.15, 0.2) is 62.5 Å². The molecule has 0 saturated heterocycles. The Morgan fingerprint density at radius 1 is 1.07 bits per heavy atom. The number of rotatable bonds is 2. The van der Waals surface area contributed by atoms with E-state index in [1.807, 2.05) is 37.3 Å². The van der Waals surface area contributed by atoms with Crippen molar-refractivity contribution in [3.63, 3.8) is 0 Å². The predicted octanol–water partition coefficient (Wildman–Crippen LogP) is 5.87. The Labute approximate surface area is 168 Å². The van der Waals surface area contributed by atoms with E-state index in [2.05, 4.69) is 15.9 Å². The summed E-state index contributed by atoms with van der Waals surface area (Å²) in [6.07, 6.45) is -0.0396. The number of halogens is 3. The van der Waals surface area contributed by atoms with Gasteiger partial charge in [-0.1, -0.05) is 22.0 Å². The highest BCUT2D eigenvalue weighted by molar-refractivity contribution is 9.10. The minimum absolute atomic E-state index is 0.0974. The number of hydrogen-bond donors (Lipinski definition) is 0. The minimum atomic E-state index is -0.913. The minimum Gasteiger partial charge on any atom is -0.464 e. The first-order valence-electron chi connectivity index (χ1n) is 8.83. The van der Waals surface area contributed by atoms with Crippen molar-refractivity contribution in [1.82, 2.24) is 5.01 Å². The first kappa shape index (κ1) is 17.4. The average molecular weight is 445 g/mol. The van der Waals surface area contributed by atoms with E-state index < -0.39 is 17.9 Å². The molecule has 2 aliphatic rings. The lowest BCUT2D eigenvalue weighted by molar-refractivity contribution is -0.0193. The van der Waals surface area contributed by atoms with Gasteiger partial charge in [0.1, 0.15) is 23.0 Å². The third-order valence-electron chi connectivity index (χ3n) is 5.01. The van der Waals surface area contributed by atoms with E-state index in [1.165, 1.54) is 6.07 Å². The Bertz CT molecular complexity index is 1110. The van der Waals surface area contributed by atoms with E-state index >= 15 is 0 Å². The molecule has 0 aliphatic carbocycles. The summed E-state index contributed by atoms with van der Waals surface area (Å²) < 4.78 is 40.1. The fraction of sp³-hybridized carbons (Fsp3) is 0.190. The summed E-state index contributed by atoms with van der Waals surface area (Å²) in [4.78, 5) is 0. The summed E-state index contributed by atoms with van der Waals surface area (Å²) in [7, 11) is 0. The molecule has 0 bridgehead atoms. The highest BCUT2D eigenvalue weighted by Crippen LogP contribution is 2.48. The summed E-state index contributed by atoms with van der Waals surface area (Å²) in [6.45, 7) is 1.88. The zero-order chi connectivity index (χ0) is 19.4. The third-order valence-corrected chi connectivity index (χ3v) is 5.50. The first-order valence-corrected chi connectivity index (χ1v) is 9.62. The zero-order valence-corrected chi connectivity index (χ0v) is 16.4. The second-order valence-corrected chi connectivity index (χ2v) is 7.80. The molecule has 28 heavy (non-hydrogen) atoms. The van der Waals surface area contributed by atoms with Gasteiger partial charge in [0.05, 0.1) is 6.04 Å². The summed E-state index contributed by atoms with van der Waals surface area (Å²) in [5.41, 5.74) is 2.27. The predicted molar refractivity (Wildman–Crippen MR) is 103 cm³/mol. The zero-order valence-electron chi connectivity index (χ0n) is 14.8. The second kappa shape index (κ2) is 6.44. The molecule has 3 aromatic rings. The molecule has 0 amide bonds. The highest BCUT2D eigenvalue weighted by atomic mass is 79.9. The molecule has 2 aromatic carbocycles. The van der Waals surface area contributed by atoms with Gasteiger partial charge in [0.25, 0.3) is 0 Å². The molecule has 4 nitrogen and oxygen atoms in total. The van der Waals surface area contributed by atoms with Gasteiger partial charge in [0.2, 0.25) is 6.23 Å². The molecular formula is C21H15BrF2N2O2. The number of furan rings is 1. The van der Waals surface area contributed by atoms with Crippen LogP contribution in [-0.2, 0) is 0 Å². The second-order valence-electron chi connectivity index (χ2n) is 6.88. The lowest BCUT2D eigenvalue weighted by Crippen LogP contribution is -2.33. The number of fused-ring (bicyclic) bond motifs is 3. The summed E-state index contributed by atoms with van der Waals surface area (Å²) in [6, 6.07) is 13.2. The Hall–Kier alpha value is -2.67. The maximum atomic E-state index is 13.9. The summed E-state index contributed by atoms with van der Waals surface area (Å²) in [5.74, 6) is 0.402. The molecule has 142 valence electrons. The van der Waals surface area contributed by atoms with Crippen molar-refractivity contribution < 1.29 is 17.9 Å². The summed E-state index contributed by atoms with van der Waals surface area (Å²) >= 11 is 3.51. The molecule has 3 heterocycles. The molecule has 2 atom stereocenters. The van der Waals surface area contributed by atoms with Crippen LogP contribution in [0.25, 0.3) is 0 Å². The van der Waals surface area contributed by atoms with Gasteiger partial charge in [0.15, 0.2) is 11.6 Å². The van der Waals surface area contributed by atoms with E-state index in [9.17, 15) is 8.78 Å². The van der Waals surface area contributed by atoms with Crippen LogP contribution < -0.4 is 4.74 Å².